The predicted molar refractivity (Wildman–Crippen MR) is 532 cm³/mol. The van der Waals surface area contributed by atoms with E-state index in [0.29, 0.717) is 34.3 Å². The summed E-state index contributed by atoms with van der Waals surface area (Å²) in [6.07, 6.45) is 16.2. The molecule has 5 heterocycles. The average molecular weight is 2100 g/mol. The number of aromatic amines is 2. The molecule has 0 saturated carbocycles. The van der Waals surface area contributed by atoms with Crippen LogP contribution in [0.4, 0.5) is 0 Å². The van der Waals surface area contributed by atoms with Gasteiger partial charge in [-0.05, 0) is 138 Å². The maximum absolute atomic E-state index is 15.6. The number of amides is 17. The summed E-state index contributed by atoms with van der Waals surface area (Å²) in [5, 5.41) is 87.1. The number of ether oxygens (including phenoxy) is 2. The number of tetrazole rings is 1. The van der Waals surface area contributed by atoms with Crippen LogP contribution in [0, 0.1) is 5.41 Å². The molecule has 0 unspecified atom stereocenters. The van der Waals surface area contributed by atoms with Gasteiger partial charge in [0.15, 0.2) is 5.96 Å². The summed E-state index contributed by atoms with van der Waals surface area (Å²) < 4.78 is 11.0. The first kappa shape index (κ1) is 122. The Bertz CT molecular complexity index is 4750. The summed E-state index contributed by atoms with van der Waals surface area (Å²) in [6.45, 7) is -2.87. The molecule has 0 aliphatic carbocycles. The molecule has 3 aliphatic rings. The fraction of sp³-hybridized carbons (Fsp3) is 0.674. The number of rotatable bonds is 64. The molecule has 0 spiro atoms. The number of nitrogens with two attached hydrogens (primary N) is 4. The molecular weight excluding hydrogens is 1950 g/mol. The number of benzene rings is 1. The van der Waals surface area contributed by atoms with Gasteiger partial charge >= 0.3 is 17.9 Å². The van der Waals surface area contributed by atoms with E-state index in [-0.39, 0.29) is 186 Å². The SMILES string of the molecule is CC(=O)N[C@H]1CCSSCC[C@@H](C(=O)N2CCC[C@H]2C(=O)N2CCC[C@H]2C(=O)N[C@@H](CCCCN)C(=O)N[C@@H](CC(=O)O)C(=O)N[C@@H](CNC(=O)CN(CC(=O)O)CC(=O)O)C(=O)N[C@@H](CCCCNC(=O)COCCOCCNC(=O)CCCCCCCCCCCCCCCc2nnn[nH]2)C(N)=O)NC(=O)[C@H](Cc2c[nH]c3ccccc23)NC(=O)[C@H](CCCNC(=N)N)NC(=O)CNC(=O)[C@H](CCC(N)=O)NC1=O. The molecule has 11 atom stereocenters. The van der Waals surface area contributed by atoms with Crippen LogP contribution in [-0.4, -0.2) is 356 Å². The Morgan fingerprint density at radius 1 is 0.555 bits per heavy atom. The molecule has 54 heteroatoms. The van der Waals surface area contributed by atoms with Crippen LogP contribution in [0.3, 0.4) is 0 Å². The second-order valence-corrected chi connectivity index (χ2v) is 38.7. The topological polar surface area (TPSA) is 797 Å². The molecule has 3 aliphatic heterocycles. The predicted octanol–water partition coefficient (Wildman–Crippen LogP) is -3.77. The van der Waals surface area contributed by atoms with E-state index in [0.717, 1.165) is 51.3 Å². The molecule has 3 saturated heterocycles. The Morgan fingerprint density at radius 3 is 1.79 bits per heavy atom. The van der Waals surface area contributed by atoms with E-state index in [4.69, 9.17) is 37.8 Å². The van der Waals surface area contributed by atoms with Gasteiger partial charge in [0.1, 0.15) is 78.9 Å². The molecule has 6 rings (SSSR count). The third kappa shape index (κ3) is 47.9. The van der Waals surface area contributed by atoms with Crippen LogP contribution >= 0.6 is 21.6 Å². The number of fused-ring (bicyclic) bond motifs is 1. The van der Waals surface area contributed by atoms with Crippen LogP contribution < -0.4 is 97.4 Å². The van der Waals surface area contributed by atoms with Gasteiger partial charge in [-0.2, -0.15) is 0 Å². The number of carbonyl (C=O) groups is 20. The lowest BCUT2D eigenvalue weighted by molar-refractivity contribution is -0.148. The highest BCUT2D eigenvalue weighted by atomic mass is 33.1. The van der Waals surface area contributed by atoms with E-state index in [1.165, 1.54) is 82.8 Å². The van der Waals surface area contributed by atoms with Crippen LogP contribution in [0.15, 0.2) is 30.5 Å². The molecule has 52 nitrogen and oxygen atoms in total. The normalized spacial score (nSPS) is 18.5. The Morgan fingerprint density at radius 2 is 1.14 bits per heavy atom. The van der Waals surface area contributed by atoms with Crippen LogP contribution in [0.5, 0.6) is 0 Å². The lowest BCUT2D eigenvalue weighted by Gasteiger charge is -2.34. The van der Waals surface area contributed by atoms with E-state index in [1.807, 2.05) is 0 Å². The highest BCUT2D eigenvalue weighted by Gasteiger charge is 2.46. The Balaban J connectivity index is 1.10. The van der Waals surface area contributed by atoms with Crippen molar-refractivity contribution in [3.8, 4) is 0 Å². The van der Waals surface area contributed by atoms with E-state index in [2.05, 4.69) is 100 Å². The number of likely N-dealkylation sites (tertiary alicyclic amines) is 2. The van der Waals surface area contributed by atoms with Crippen LogP contribution in [0.1, 0.15) is 217 Å². The van der Waals surface area contributed by atoms with Crippen LogP contribution in [0.2, 0.25) is 0 Å². The minimum atomic E-state index is -2.11. The maximum atomic E-state index is 15.6. The first-order valence-corrected chi connectivity index (χ1v) is 52.3. The molecular formula is C92H147N27O25S2. The van der Waals surface area contributed by atoms with Crippen molar-refractivity contribution in [3.05, 3.63) is 41.9 Å². The Kier molecular flexibility index (Phi) is 57.0. The third-order valence-electron chi connectivity index (χ3n) is 24.2. The van der Waals surface area contributed by atoms with Crippen molar-refractivity contribution in [1.82, 2.24) is 115 Å². The zero-order valence-electron chi connectivity index (χ0n) is 82.7. The number of aryl methyl sites for hydroxylation is 1. The second-order valence-electron chi connectivity index (χ2n) is 36.0. The zero-order chi connectivity index (χ0) is 107. The Hall–Kier alpha value is -13.0. The number of H-pyrrole nitrogens is 2. The van der Waals surface area contributed by atoms with Crippen molar-refractivity contribution >= 4 is 157 Å². The molecule has 3 aromatic rings. The van der Waals surface area contributed by atoms with E-state index < -0.39 is 224 Å². The molecule has 146 heavy (non-hydrogen) atoms. The number of nitrogens with zero attached hydrogens (tertiary/aromatic N) is 6. The fourth-order valence-corrected chi connectivity index (χ4v) is 18.9. The number of aliphatic carboxylic acids is 3. The monoisotopic (exact) mass is 2090 g/mol. The number of primary amides is 2. The average Bonchev–Trinajstić information content (AvgIpc) is 1.65. The summed E-state index contributed by atoms with van der Waals surface area (Å²) >= 11 is 0. The van der Waals surface area contributed by atoms with Gasteiger partial charge in [-0.15, -0.1) is 5.10 Å². The number of para-hydroxylation sites is 1. The smallest absolute Gasteiger partial charge is 0.317 e. The van der Waals surface area contributed by atoms with Crippen molar-refractivity contribution in [2.75, 3.05) is 110 Å². The van der Waals surface area contributed by atoms with Crippen molar-refractivity contribution in [1.29, 1.82) is 5.41 Å². The van der Waals surface area contributed by atoms with Gasteiger partial charge in [-0.3, -0.25) is 106 Å². The molecule has 28 N–H and O–H groups in total. The van der Waals surface area contributed by atoms with Crippen LogP contribution in [-0.2, 0) is 118 Å². The molecule has 0 radical (unpaired) electrons. The van der Waals surface area contributed by atoms with Crippen molar-refractivity contribution in [3.63, 3.8) is 0 Å². The molecule has 1 aromatic carbocycles. The van der Waals surface area contributed by atoms with Gasteiger partial charge in [-0.25, -0.2) is 5.10 Å². The number of aromatic nitrogens is 5. The Labute approximate surface area is 853 Å². The highest BCUT2D eigenvalue weighted by molar-refractivity contribution is 8.76. The van der Waals surface area contributed by atoms with Gasteiger partial charge < -0.3 is 137 Å². The standard InChI is InChI=1S/C92H147N27O25S2/c1-57(120)104-65-35-46-145-146-47-36-66(109-86(137)67(48-58-50-101-60-25-16-15-24-59(58)60)110-83(134)62(28-21-39-100-92(96)97)105-75(123)52-103-82(133)64(107-85(65)136)33-34-72(94)121)90(141)119-42-23-30-71(119)91(142)118-41-22-29-70(118)89(140)108-63(27-17-19-37-93)84(135)111-68(49-78(126)127)87(138)112-69(51-102-76(124)53-117(54-79(128)129)55-80(130)131)88(139)106-61(81(95)132)26-18-20-38-98-77(125)56-144-45-44-143-43-40-99-74(122)32-14-12-10-8-6-4-2-3-5-7-9-11-13-31-73-113-115-116-114-73/h15-16,24-25,50,61-71,101H,2-14,17-23,26-49,51-56,93H2,1H3,(H2,94,121)(H2,95,132)(H,98,125)(H,99,122)(H,102,124)(H,103,133)(H,104,120)(H,105,123)(H,106,139)(H,107,136)(H,108,140)(H,109,137)(H,110,134)(H,111,135)(H,112,138)(H,126,127)(H,128,129)(H,130,131)(H4,96,97,100)(H,113,114,115,116)/t61-,62-,63-,64-,65-,66-,67-,68-,69-,70-,71-/m0/s1. The minimum Gasteiger partial charge on any atom is -0.481 e. The number of hydrogen-bond acceptors (Lipinski definition) is 30. The largest absolute Gasteiger partial charge is 0.481 e. The van der Waals surface area contributed by atoms with Gasteiger partial charge in [0.05, 0.1) is 52.4 Å². The van der Waals surface area contributed by atoms with E-state index in [9.17, 15) is 96.8 Å². The number of guanidine groups is 1. The molecule has 812 valence electrons. The quantitative estimate of drug-likeness (QED) is 0.0112. The highest BCUT2D eigenvalue weighted by Crippen LogP contribution is 2.30. The minimum absolute atomic E-state index is 0.00291. The summed E-state index contributed by atoms with van der Waals surface area (Å²) in [5.74, 6) is -18.9. The molecule has 3 fully saturated rings. The molecule has 17 amide bonds. The first-order chi connectivity index (χ1) is 70.0. The summed E-state index contributed by atoms with van der Waals surface area (Å²) in [6, 6.07) is -9.95. The number of carbonyl (C=O) groups excluding carboxylic acids is 17. The maximum Gasteiger partial charge on any atom is 0.317 e. The van der Waals surface area contributed by atoms with Crippen LogP contribution in [0.25, 0.3) is 10.9 Å². The summed E-state index contributed by atoms with van der Waals surface area (Å²) in [5.41, 5.74) is 23.8. The number of unbranched alkanes of at least 4 members (excludes halogenated alkanes) is 14. The van der Waals surface area contributed by atoms with Crippen molar-refractivity contribution < 1.29 is 121 Å². The molecule has 2 aromatic heterocycles. The first-order valence-electron chi connectivity index (χ1n) is 49.8. The van der Waals surface area contributed by atoms with Gasteiger partial charge in [0, 0.05) is 100 Å². The summed E-state index contributed by atoms with van der Waals surface area (Å²) in [7, 11) is 2.41. The van der Waals surface area contributed by atoms with Gasteiger partial charge in [-0.1, -0.05) is 110 Å². The fourth-order valence-electron chi connectivity index (χ4n) is 16.7. The van der Waals surface area contributed by atoms with Crippen molar-refractivity contribution in [2.24, 2.45) is 22.9 Å². The second kappa shape index (κ2) is 68.4. The van der Waals surface area contributed by atoms with Gasteiger partial charge in [0.25, 0.3) is 0 Å². The van der Waals surface area contributed by atoms with E-state index >= 15 is 14.4 Å². The van der Waals surface area contributed by atoms with Gasteiger partial charge in [0.2, 0.25) is 100 Å². The lowest BCUT2D eigenvalue weighted by atomic mass is 10.0. The zero-order valence-corrected chi connectivity index (χ0v) is 84.4. The lowest BCUT2D eigenvalue weighted by Crippen LogP contribution is -2.61. The number of hydrogen-bond donors (Lipinski definition) is 24. The third-order valence-corrected chi connectivity index (χ3v) is 26.7. The van der Waals surface area contributed by atoms with Crippen molar-refractivity contribution in [2.45, 2.75) is 285 Å². The van der Waals surface area contributed by atoms with E-state index in [1.54, 1.807) is 30.5 Å². The number of carboxylic acid groups (broad SMARTS) is 3. The molecule has 0 bridgehead atoms. The number of carboxylic acids is 3. The summed E-state index contributed by atoms with van der Waals surface area (Å²) in [4.78, 5) is 279. The number of nitrogens with one attached hydrogen (secondary N) is 17.